The van der Waals surface area contributed by atoms with E-state index in [2.05, 4.69) is 32.2 Å². The summed E-state index contributed by atoms with van der Waals surface area (Å²) in [6.07, 6.45) is 3.74. The van der Waals surface area contributed by atoms with Crippen LogP contribution in [0.2, 0.25) is 4.34 Å². The fraction of sp³-hybridized carbons (Fsp3) is 0.692. The van der Waals surface area contributed by atoms with Gasteiger partial charge in [0.15, 0.2) is 0 Å². The molecule has 0 saturated carbocycles. The van der Waals surface area contributed by atoms with Crippen LogP contribution in [-0.4, -0.2) is 6.54 Å². The molecule has 1 aromatic rings. The lowest BCUT2D eigenvalue weighted by atomic mass is 9.94. The lowest BCUT2D eigenvalue weighted by Crippen LogP contribution is -2.22. The van der Waals surface area contributed by atoms with Crippen molar-refractivity contribution in [3.63, 3.8) is 0 Å². The molecule has 16 heavy (non-hydrogen) atoms. The molecule has 1 aromatic heterocycles. The van der Waals surface area contributed by atoms with E-state index in [1.165, 1.54) is 24.1 Å². The minimum atomic E-state index is 0.479. The van der Waals surface area contributed by atoms with Crippen LogP contribution < -0.4 is 5.32 Å². The van der Waals surface area contributed by atoms with Gasteiger partial charge in [0.05, 0.1) is 4.34 Å². The Bertz CT molecular complexity index is 294. The van der Waals surface area contributed by atoms with E-state index in [1.807, 2.05) is 6.07 Å². The monoisotopic (exact) mass is 259 g/mol. The number of rotatable bonds is 7. The third-order valence-corrected chi connectivity index (χ3v) is 4.46. The molecule has 0 aromatic carbocycles. The highest BCUT2D eigenvalue weighted by molar-refractivity contribution is 7.16. The van der Waals surface area contributed by atoms with Crippen LogP contribution in [0.25, 0.3) is 0 Å². The van der Waals surface area contributed by atoms with Gasteiger partial charge in [-0.25, -0.2) is 0 Å². The zero-order valence-corrected chi connectivity index (χ0v) is 12.0. The number of hydrogen-bond acceptors (Lipinski definition) is 2. The molecule has 1 atom stereocenters. The van der Waals surface area contributed by atoms with Crippen molar-refractivity contribution < 1.29 is 0 Å². The molecule has 1 unspecified atom stereocenters. The van der Waals surface area contributed by atoms with Gasteiger partial charge in [-0.1, -0.05) is 45.2 Å². The molecule has 0 amide bonds. The van der Waals surface area contributed by atoms with Gasteiger partial charge < -0.3 is 5.32 Å². The molecule has 0 fully saturated rings. The quantitative estimate of drug-likeness (QED) is 0.736. The molecule has 1 N–H and O–H groups in total. The van der Waals surface area contributed by atoms with E-state index >= 15 is 0 Å². The fourth-order valence-corrected chi connectivity index (χ4v) is 3.17. The average molecular weight is 260 g/mol. The minimum absolute atomic E-state index is 0.479. The van der Waals surface area contributed by atoms with Gasteiger partial charge in [0.1, 0.15) is 0 Å². The summed E-state index contributed by atoms with van der Waals surface area (Å²) in [4.78, 5) is 1.37. The van der Waals surface area contributed by atoms with Gasteiger partial charge in [0.2, 0.25) is 0 Å². The predicted octanol–water partition coefficient (Wildman–Crippen LogP) is 4.88. The van der Waals surface area contributed by atoms with Crippen LogP contribution in [0, 0.1) is 5.92 Å². The van der Waals surface area contributed by atoms with Gasteiger partial charge >= 0.3 is 0 Å². The van der Waals surface area contributed by atoms with Crippen LogP contribution in [0.1, 0.15) is 51.0 Å². The van der Waals surface area contributed by atoms with Crippen LogP contribution in [0.4, 0.5) is 0 Å². The van der Waals surface area contributed by atoms with Crippen molar-refractivity contribution in [2.75, 3.05) is 6.54 Å². The molecule has 1 heterocycles. The Hall–Kier alpha value is -0.0500. The number of nitrogens with one attached hydrogen (secondary N) is 1. The molecular formula is C13H22ClNS. The van der Waals surface area contributed by atoms with Crippen LogP contribution >= 0.6 is 22.9 Å². The van der Waals surface area contributed by atoms with E-state index < -0.39 is 0 Å². The second-order valence-electron chi connectivity index (χ2n) is 4.17. The number of thiophene rings is 1. The maximum absolute atomic E-state index is 6.00. The van der Waals surface area contributed by atoms with Gasteiger partial charge in [-0.15, -0.1) is 11.3 Å². The van der Waals surface area contributed by atoms with Crippen molar-refractivity contribution in [2.24, 2.45) is 5.92 Å². The van der Waals surface area contributed by atoms with Crippen LogP contribution in [0.5, 0.6) is 0 Å². The second-order valence-corrected chi connectivity index (χ2v) is 5.92. The summed E-state index contributed by atoms with van der Waals surface area (Å²) >= 11 is 7.70. The van der Waals surface area contributed by atoms with Crippen molar-refractivity contribution in [3.8, 4) is 0 Å². The predicted molar refractivity (Wildman–Crippen MR) is 74.4 cm³/mol. The summed E-state index contributed by atoms with van der Waals surface area (Å²) < 4.78 is 0.891. The average Bonchev–Trinajstić information content (AvgIpc) is 2.71. The first kappa shape index (κ1) is 14.0. The Morgan fingerprint density at radius 2 is 1.94 bits per heavy atom. The van der Waals surface area contributed by atoms with Crippen molar-refractivity contribution in [2.45, 2.75) is 46.1 Å². The zero-order chi connectivity index (χ0) is 12.0. The molecule has 0 spiro atoms. The highest BCUT2D eigenvalue weighted by Crippen LogP contribution is 2.32. The highest BCUT2D eigenvalue weighted by atomic mass is 35.5. The van der Waals surface area contributed by atoms with Crippen LogP contribution in [0.15, 0.2) is 12.1 Å². The van der Waals surface area contributed by atoms with E-state index in [1.54, 1.807) is 11.3 Å². The maximum Gasteiger partial charge on any atom is 0.0931 e. The molecule has 0 aliphatic heterocycles. The molecule has 0 radical (unpaired) electrons. The normalized spacial score (nSPS) is 13.3. The van der Waals surface area contributed by atoms with E-state index in [4.69, 9.17) is 11.6 Å². The second kappa shape index (κ2) is 7.31. The molecule has 1 nitrogen and oxygen atoms in total. The first-order chi connectivity index (χ1) is 7.71. The van der Waals surface area contributed by atoms with E-state index in [9.17, 15) is 0 Å². The molecule has 0 bridgehead atoms. The summed E-state index contributed by atoms with van der Waals surface area (Å²) in [7, 11) is 0. The first-order valence-electron chi connectivity index (χ1n) is 6.19. The van der Waals surface area contributed by atoms with E-state index in [0.717, 1.165) is 16.8 Å². The van der Waals surface area contributed by atoms with Gasteiger partial charge in [-0.05, 0) is 31.0 Å². The Morgan fingerprint density at radius 1 is 1.25 bits per heavy atom. The van der Waals surface area contributed by atoms with Gasteiger partial charge in [0, 0.05) is 10.9 Å². The van der Waals surface area contributed by atoms with E-state index in [-0.39, 0.29) is 0 Å². The summed E-state index contributed by atoms with van der Waals surface area (Å²) in [5.74, 6) is 0.810. The topological polar surface area (TPSA) is 12.0 Å². The van der Waals surface area contributed by atoms with Gasteiger partial charge in [-0.3, -0.25) is 0 Å². The lowest BCUT2D eigenvalue weighted by Gasteiger charge is -2.21. The molecule has 0 aliphatic rings. The Morgan fingerprint density at radius 3 is 2.38 bits per heavy atom. The summed E-state index contributed by atoms with van der Waals surface area (Å²) in [5, 5.41) is 3.56. The molecule has 3 heteroatoms. The van der Waals surface area contributed by atoms with Crippen molar-refractivity contribution >= 4 is 22.9 Å². The third kappa shape index (κ3) is 4.08. The van der Waals surface area contributed by atoms with E-state index in [0.29, 0.717) is 6.04 Å². The Labute approximate surface area is 108 Å². The summed E-state index contributed by atoms with van der Waals surface area (Å²) in [6.45, 7) is 7.73. The standard InChI is InChI=1S/C13H22ClNS/c1-4-10(5-2)9-11(15-6-3)12-7-8-13(14)16-12/h7-8,10-11,15H,4-6,9H2,1-3H3. The molecular weight excluding hydrogens is 238 g/mol. The van der Waals surface area contributed by atoms with Crippen molar-refractivity contribution in [3.05, 3.63) is 21.3 Å². The largest absolute Gasteiger partial charge is 0.310 e. The Kier molecular flexibility index (Phi) is 6.40. The summed E-state index contributed by atoms with van der Waals surface area (Å²) in [6, 6.07) is 4.63. The molecule has 92 valence electrons. The molecule has 0 aliphatic carbocycles. The highest BCUT2D eigenvalue weighted by Gasteiger charge is 2.16. The van der Waals surface area contributed by atoms with Crippen molar-refractivity contribution in [1.29, 1.82) is 0 Å². The number of halogens is 1. The SMILES string of the molecule is CCNC(CC(CC)CC)c1ccc(Cl)s1. The summed E-state index contributed by atoms with van der Waals surface area (Å²) in [5.41, 5.74) is 0. The van der Waals surface area contributed by atoms with Gasteiger partial charge in [-0.2, -0.15) is 0 Å². The molecule has 0 saturated heterocycles. The zero-order valence-electron chi connectivity index (χ0n) is 10.4. The molecule has 1 rings (SSSR count). The van der Waals surface area contributed by atoms with Crippen molar-refractivity contribution in [1.82, 2.24) is 5.32 Å². The van der Waals surface area contributed by atoms with Gasteiger partial charge in [0.25, 0.3) is 0 Å². The van der Waals surface area contributed by atoms with Crippen LogP contribution in [-0.2, 0) is 0 Å². The smallest absolute Gasteiger partial charge is 0.0931 e. The lowest BCUT2D eigenvalue weighted by molar-refractivity contribution is 0.379. The fourth-order valence-electron chi connectivity index (χ4n) is 2.02. The minimum Gasteiger partial charge on any atom is -0.310 e. The third-order valence-electron chi connectivity index (χ3n) is 3.11. The number of hydrogen-bond donors (Lipinski definition) is 1. The maximum atomic E-state index is 6.00. The Balaban J connectivity index is 2.66. The van der Waals surface area contributed by atoms with Crippen LogP contribution in [0.3, 0.4) is 0 Å². The first-order valence-corrected chi connectivity index (χ1v) is 7.39.